The van der Waals surface area contributed by atoms with Crippen LogP contribution in [0.15, 0.2) is 4.99 Å². The Balaban J connectivity index is 1.54. The van der Waals surface area contributed by atoms with Gasteiger partial charge in [-0.2, -0.15) is 0 Å². The van der Waals surface area contributed by atoms with Gasteiger partial charge in [-0.15, -0.1) is 0 Å². The maximum absolute atomic E-state index is 5.63. The van der Waals surface area contributed by atoms with E-state index in [1.54, 1.807) is 0 Å². The van der Waals surface area contributed by atoms with E-state index in [0.29, 0.717) is 5.41 Å². The van der Waals surface area contributed by atoms with Gasteiger partial charge in [0.05, 0.1) is 0 Å². The van der Waals surface area contributed by atoms with Crippen LogP contribution in [0.25, 0.3) is 0 Å². The Morgan fingerprint density at radius 1 is 1.37 bits per heavy atom. The molecule has 0 aromatic rings. The first-order valence-corrected chi connectivity index (χ1v) is 8.75. The highest BCUT2D eigenvalue weighted by molar-refractivity contribution is 8.13. The first-order chi connectivity index (χ1) is 9.28. The lowest BCUT2D eigenvalue weighted by molar-refractivity contribution is 0.123. The second-order valence-electron chi connectivity index (χ2n) is 5.92. The van der Waals surface area contributed by atoms with Crippen molar-refractivity contribution in [3.63, 3.8) is 0 Å². The topological polar surface area (TPSA) is 33.6 Å². The van der Waals surface area contributed by atoms with E-state index in [4.69, 9.17) is 9.73 Å². The molecular formula is C15H28N2OS. The van der Waals surface area contributed by atoms with Gasteiger partial charge in [-0.1, -0.05) is 25.6 Å². The number of nitrogens with zero attached hydrogens (tertiary/aromatic N) is 1. The lowest BCUT2D eigenvalue weighted by atomic mass is 9.84. The van der Waals surface area contributed by atoms with E-state index in [0.717, 1.165) is 43.8 Å². The molecule has 1 N–H and O–H groups in total. The Hall–Kier alpha value is -0.220. The van der Waals surface area contributed by atoms with Crippen molar-refractivity contribution in [1.29, 1.82) is 0 Å². The first kappa shape index (κ1) is 15.2. The van der Waals surface area contributed by atoms with Crippen molar-refractivity contribution in [3.8, 4) is 0 Å². The molecule has 0 amide bonds. The maximum Gasteiger partial charge on any atom is 0.156 e. The van der Waals surface area contributed by atoms with Crippen LogP contribution in [0.5, 0.6) is 0 Å². The normalized spacial score (nSPS) is 22.1. The number of aliphatic imine (C=N–C) groups is 1. The average Bonchev–Trinajstić information content (AvgIpc) is 3.28. The lowest BCUT2D eigenvalue weighted by Crippen LogP contribution is -2.35. The van der Waals surface area contributed by atoms with Crippen molar-refractivity contribution in [3.05, 3.63) is 0 Å². The minimum Gasteiger partial charge on any atom is -0.381 e. The van der Waals surface area contributed by atoms with Crippen LogP contribution < -0.4 is 5.32 Å². The molecule has 1 fully saturated rings. The molecule has 2 rings (SSSR count). The van der Waals surface area contributed by atoms with Gasteiger partial charge in [-0.3, -0.25) is 4.99 Å². The number of hydrogen-bond donors (Lipinski definition) is 1. The van der Waals surface area contributed by atoms with Crippen molar-refractivity contribution in [1.82, 2.24) is 5.32 Å². The van der Waals surface area contributed by atoms with E-state index in [-0.39, 0.29) is 0 Å². The van der Waals surface area contributed by atoms with Crippen LogP contribution in [0.2, 0.25) is 0 Å². The third-order valence-electron chi connectivity index (χ3n) is 4.37. The fourth-order valence-electron chi connectivity index (χ4n) is 2.24. The van der Waals surface area contributed by atoms with Crippen LogP contribution in [-0.4, -0.2) is 37.2 Å². The predicted molar refractivity (Wildman–Crippen MR) is 83.9 cm³/mol. The molecule has 0 atom stereocenters. The van der Waals surface area contributed by atoms with Gasteiger partial charge in [0.1, 0.15) is 0 Å². The summed E-state index contributed by atoms with van der Waals surface area (Å²) < 4.78 is 5.63. The molecule has 0 radical (unpaired) electrons. The zero-order valence-electron chi connectivity index (χ0n) is 12.4. The number of ether oxygens (including phenoxy) is 1. The molecule has 110 valence electrons. The summed E-state index contributed by atoms with van der Waals surface area (Å²) in [5.41, 5.74) is 0.448. The monoisotopic (exact) mass is 284 g/mol. The summed E-state index contributed by atoms with van der Waals surface area (Å²) in [6, 6.07) is 0. The molecule has 2 aliphatic rings. The summed E-state index contributed by atoms with van der Waals surface area (Å²) in [6.45, 7) is 8.42. The first-order valence-electron chi connectivity index (χ1n) is 7.77. The molecule has 1 aliphatic carbocycles. The smallest absolute Gasteiger partial charge is 0.156 e. The van der Waals surface area contributed by atoms with Crippen LogP contribution in [0.3, 0.4) is 0 Å². The van der Waals surface area contributed by atoms with Gasteiger partial charge in [0.25, 0.3) is 0 Å². The van der Waals surface area contributed by atoms with Gasteiger partial charge in [-0.05, 0) is 43.4 Å². The molecule has 4 heteroatoms. The van der Waals surface area contributed by atoms with E-state index in [9.17, 15) is 0 Å². The summed E-state index contributed by atoms with van der Waals surface area (Å²) in [4.78, 5) is 4.71. The summed E-state index contributed by atoms with van der Waals surface area (Å²) in [6.07, 6.45) is 6.31. The van der Waals surface area contributed by atoms with E-state index < -0.39 is 0 Å². The SMILES string of the molecule is CCC1(CC)CN=C(NCCCOCC2CC2)SC1. The Bertz CT molecular complexity index is 299. The van der Waals surface area contributed by atoms with Crippen molar-refractivity contribution in [2.75, 3.05) is 32.1 Å². The van der Waals surface area contributed by atoms with E-state index in [2.05, 4.69) is 19.2 Å². The number of nitrogens with one attached hydrogen (secondary N) is 1. The van der Waals surface area contributed by atoms with Gasteiger partial charge in [0.15, 0.2) is 5.17 Å². The second kappa shape index (κ2) is 7.53. The standard InChI is InChI=1S/C15H28N2OS/c1-3-15(4-2)11-17-14(19-12-15)16-8-5-9-18-10-13-6-7-13/h13H,3-12H2,1-2H3,(H,16,17). The third kappa shape index (κ3) is 4.99. The van der Waals surface area contributed by atoms with Crippen LogP contribution in [-0.2, 0) is 4.74 Å². The number of thioether (sulfide) groups is 1. The van der Waals surface area contributed by atoms with Gasteiger partial charge in [0.2, 0.25) is 0 Å². The maximum atomic E-state index is 5.63. The fraction of sp³-hybridized carbons (Fsp3) is 0.933. The number of hydrogen-bond acceptors (Lipinski definition) is 4. The highest BCUT2D eigenvalue weighted by atomic mass is 32.2. The highest BCUT2D eigenvalue weighted by Crippen LogP contribution is 2.34. The Morgan fingerprint density at radius 2 is 2.16 bits per heavy atom. The van der Waals surface area contributed by atoms with E-state index in [1.807, 2.05) is 11.8 Å². The molecule has 0 aromatic carbocycles. The Morgan fingerprint density at radius 3 is 2.74 bits per heavy atom. The fourth-order valence-corrected chi connectivity index (χ4v) is 3.54. The Labute approximate surface area is 122 Å². The summed E-state index contributed by atoms with van der Waals surface area (Å²) in [5.74, 6) is 2.09. The van der Waals surface area contributed by atoms with E-state index in [1.165, 1.54) is 31.4 Å². The molecule has 0 aromatic heterocycles. The van der Waals surface area contributed by atoms with Crippen LogP contribution in [0, 0.1) is 11.3 Å². The molecule has 0 saturated heterocycles. The molecule has 1 heterocycles. The largest absolute Gasteiger partial charge is 0.381 e. The van der Waals surface area contributed by atoms with Gasteiger partial charge in [-0.25, -0.2) is 0 Å². The van der Waals surface area contributed by atoms with Gasteiger partial charge in [0, 0.05) is 32.1 Å². The van der Waals surface area contributed by atoms with Crippen molar-refractivity contribution in [2.24, 2.45) is 16.3 Å². The molecular weight excluding hydrogens is 256 g/mol. The summed E-state index contributed by atoms with van der Waals surface area (Å²) in [7, 11) is 0. The number of amidine groups is 1. The van der Waals surface area contributed by atoms with Crippen LogP contribution in [0.4, 0.5) is 0 Å². The van der Waals surface area contributed by atoms with Gasteiger partial charge >= 0.3 is 0 Å². The summed E-state index contributed by atoms with van der Waals surface area (Å²) >= 11 is 1.90. The minimum atomic E-state index is 0.448. The molecule has 0 bridgehead atoms. The van der Waals surface area contributed by atoms with Crippen LogP contribution in [0.1, 0.15) is 46.0 Å². The highest BCUT2D eigenvalue weighted by Gasteiger charge is 2.29. The average molecular weight is 284 g/mol. The molecule has 19 heavy (non-hydrogen) atoms. The third-order valence-corrected chi connectivity index (χ3v) is 5.67. The number of rotatable bonds is 8. The second-order valence-corrected chi connectivity index (χ2v) is 6.88. The van der Waals surface area contributed by atoms with E-state index >= 15 is 0 Å². The molecule has 3 nitrogen and oxygen atoms in total. The zero-order valence-corrected chi connectivity index (χ0v) is 13.2. The minimum absolute atomic E-state index is 0.448. The zero-order chi connectivity index (χ0) is 13.6. The Kier molecular flexibility index (Phi) is 6.02. The molecule has 1 aliphatic heterocycles. The van der Waals surface area contributed by atoms with Crippen molar-refractivity contribution < 1.29 is 4.74 Å². The predicted octanol–water partition coefficient (Wildman–Crippen LogP) is 3.30. The summed E-state index contributed by atoms with van der Waals surface area (Å²) in [5, 5.41) is 4.58. The molecule has 1 saturated carbocycles. The van der Waals surface area contributed by atoms with Crippen molar-refractivity contribution in [2.45, 2.75) is 46.0 Å². The quantitative estimate of drug-likeness (QED) is 0.694. The lowest BCUT2D eigenvalue weighted by Gasteiger charge is -2.33. The molecule has 0 spiro atoms. The van der Waals surface area contributed by atoms with Gasteiger partial charge < -0.3 is 10.1 Å². The van der Waals surface area contributed by atoms with Crippen molar-refractivity contribution >= 4 is 16.9 Å². The van der Waals surface area contributed by atoms with Crippen LogP contribution >= 0.6 is 11.8 Å². The molecule has 0 unspecified atom stereocenters.